The second kappa shape index (κ2) is 7.24. The van der Waals surface area contributed by atoms with E-state index in [9.17, 15) is 4.79 Å². The van der Waals surface area contributed by atoms with Crippen LogP contribution in [0.2, 0.25) is 0 Å². The molecule has 130 valence electrons. The minimum atomic E-state index is 0.183. The molecule has 0 bridgehead atoms. The van der Waals surface area contributed by atoms with E-state index in [4.69, 9.17) is 0 Å². The van der Waals surface area contributed by atoms with Crippen molar-refractivity contribution in [2.75, 3.05) is 26.2 Å². The number of carbonyl (C=O) groups excluding carboxylic acids is 1. The lowest BCUT2D eigenvalue weighted by Gasteiger charge is -2.23. The minimum Gasteiger partial charge on any atom is -0.355 e. The third-order valence-electron chi connectivity index (χ3n) is 6.02. The van der Waals surface area contributed by atoms with Gasteiger partial charge in [-0.05, 0) is 42.9 Å². The number of amides is 1. The zero-order valence-corrected chi connectivity index (χ0v) is 14.5. The summed E-state index contributed by atoms with van der Waals surface area (Å²) in [5.41, 5.74) is 2.74. The van der Waals surface area contributed by atoms with Crippen molar-refractivity contribution >= 4 is 5.91 Å². The van der Waals surface area contributed by atoms with Crippen LogP contribution >= 0.6 is 0 Å². The summed E-state index contributed by atoms with van der Waals surface area (Å²) in [6.45, 7) is 5.59. The largest absolute Gasteiger partial charge is 0.355 e. The van der Waals surface area contributed by atoms with Gasteiger partial charge in [-0.2, -0.15) is 0 Å². The topological polar surface area (TPSA) is 35.6 Å². The number of nitrogens with one attached hydrogen (secondary N) is 1. The van der Waals surface area contributed by atoms with E-state index in [2.05, 4.69) is 39.4 Å². The molecule has 24 heavy (non-hydrogen) atoms. The van der Waals surface area contributed by atoms with E-state index in [0.29, 0.717) is 12.5 Å². The molecule has 4 heteroatoms. The molecule has 0 radical (unpaired) electrons. The van der Waals surface area contributed by atoms with Crippen LogP contribution < -0.4 is 5.32 Å². The van der Waals surface area contributed by atoms with Crippen molar-refractivity contribution in [2.24, 2.45) is 5.92 Å². The van der Waals surface area contributed by atoms with E-state index in [1.807, 2.05) is 0 Å². The summed E-state index contributed by atoms with van der Waals surface area (Å²) in [4.78, 5) is 17.2. The van der Waals surface area contributed by atoms with Crippen LogP contribution in [0.4, 0.5) is 0 Å². The molecule has 1 aromatic carbocycles. The van der Waals surface area contributed by atoms with E-state index in [1.54, 1.807) is 0 Å². The Balaban J connectivity index is 1.18. The lowest BCUT2D eigenvalue weighted by molar-refractivity contribution is -0.122. The number of nitrogens with zero attached hydrogens (tertiary/aromatic N) is 2. The van der Waals surface area contributed by atoms with Crippen molar-refractivity contribution < 1.29 is 4.79 Å². The Morgan fingerprint density at radius 2 is 1.79 bits per heavy atom. The van der Waals surface area contributed by atoms with Gasteiger partial charge in [-0.1, -0.05) is 37.1 Å². The Hall–Kier alpha value is -1.39. The quantitative estimate of drug-likeness (QED) is 0.902. The number of hydrogen-bond acceptors (Lipinski definition) is 3. The highest BCUT2D eigenvalue weighted by Crippen LogP contribution is 2.28. The van der Waals surface area contributed by atoms with Crippen LogP contribution in [0.5, 0.6) is 0 Å². The molecule has 0 spiro atoms. The minimum absolute atomic E-state index is 0.183. The fraction of sp³-hybridized carbons (Fsp3) is 0.650. The Morgan fingerprint density at radius 1 is 1.08 bits per heavy atom. The monoisotopic (exact) mass is 327 g/mol. The second-order valence-electron chi connectivity index (χ2n) is 7.81. The standard InChI is InChI=1S/C20H29N3O/c24-20(15-22-13-17-5-1-2-6-18(17)14-22)21-11-16-9-10-23(12-16)19-7-3-4-8-19/h1-2,5-6,16,19H,3-4,7-15H2,(H,21,24)/t16-/m0/s1. The lowest BCUT2D eigenvalue weighted by Crippen LogP contribution is -2.38. The van der Waals surface area contributed by atoms with Gasteiger partial charge in [0.05, 0.1) is 6.54 Å². The summed E-state index contributed by atoms with van der Waals surface area (Å²) in [5, 5.41) is 3.18. The van der Waals surface area contributed by atoms with Gasteiger partial charge >= 0.3 is 0 Å². The molecule has 4 nitrogen and oxygen atoms in total. The van der Waals surface area contributed by atoms with E-state index >= 15 is 0 Å². The lowest BCUT2D eigenvalue weighted by atomic mass is 10.1. The summed E-state index contributed by atoms with van der Waals surface area (Å²) in [7, 11) is 0. The van der Waals surface area contributed by atoms with Crippen molar-refractivity contribution in [2.45, 2.75) is 51.2 Å². The fourth-order valence-electron chi connectivity index (χ4n) is 4.66. The Kier molecular flexibility index (Phi) is 4.86. The first kappa shape index (κ1) is 16.1. The molecule has 1 amide bonds. The zero-order valence-electron chi connectivity index (χ0n) is 14.5. The molecule has 2 heterocycles. The molecule has 2 fully saturated rings. The van der Waals surface area contributed by atoms with Gasteiger partial charge in [-0.15, -0.1) is 0 Å². The molecule has 1 saturated heterocycles. The summed E-state index contributed by atoms with van der Waals surface area (Å²) in [6.07, 6.45) is 6.82. The van der Waals surface area contributed by atoms with Crippen molar-refractivity contribution in [3.8, 4) is 0 Å². The number of likely N-dealkylation sites (tertiary alicyclic amines) is 1. The summed E-state index contributed by atoms with van der Waals surface area (Å²) in [6, 6.07) is 9.33. The van der Waals surface area contributed by atoms with Gasteiger partial charge in [0.25, 0.3) is 0 Å². The van der Waals surface area contributed by atoms with Crippen LogP contribution in [0.1, 0.15) is 43.2 Å². The normalized spacial score (nSPS) is 25.2. The molecule has 0 unspecified atom stereocenters. The maximum Gasteiger partial charge on any atom is 0.234 e. The number of fused-ring (bicyclic) bond motifs is 1. The summed E-state index contributed by atoms with van der Waals surface area (Å²) in [5.74, 6) is 0.826. The van der Waals surface area contributed by atoms with Crippen molar-refractivity contribution in [1.29, 1.82) is 0 Å². The molecule has 4 rings (SSSR count). The predicted octanol–water partition coefficient (Wildman–Crippen LogP) is 2.38. The molecule has 1 atom stereocenters. The molecule has 0 aromatic heterocycles. The van der Waals surface area contributed by atoms with E-state index in [-0.39, 0.29) is 5.91 Å². The first-order chi connectivity index (χ1) is 11.8. The van der Waals surface area contributed by atoms with Crippen LogP contribution in [-0.2, 0) is 17.9 Å². The van der Waals surface area contributed by atoms with Gasteiger partial charge in [0, 0.05) is 32.2 Å². The average Bonchev–Trinajstić information content (AvgIpc) is 3.31. The van der Waals surface area contributed by atoms with Crippen molar-refractivity contribution in [1.82, 2.24) is 15.1 Å². The van der Waals surface area contributed by atoms with Gasteiger partial charge in [-0.3, -0.25) is 9.69 Å². The molecule has 3 aliphatic rings. The maximum absolute atomic E-state index is 12.3. The first-order valence-electron chi connectivity index (χ1n) is 9.58. The Bertz CT molecular complexity index is 557. The third kappa shape index (κ3) is 3.65. The van der Waals surface area contributed by atoms with Gasteiger partial charge in [0.1, 0.15) is 0 Å². The van der Waals surface area contributed by atoms with E-state index in [1.165, 1.54) is 56.3 Å². The highest BCUT2D eigenvalue weighted by Gasteiger charge is 2.30. The molecule has 1 saturated carbocycles. The van der Waals surface area contributed by atoms with Crippen LogP contribution in [0, 0.1) is 5.92 Å². The predicted molar refractivity (Wildman–Crippen MR) is 95.5 cm³/mol. The second-order valence-corrected chi connectivity index (χ2v) is 7.81. The number of carbonyl (C=O) groups is 1. The van der Waals surface area contributed by atoms with Gasteiger partial charge in [0.2, 0.25) is 5.91 Å². The zero-order chi connectivity index (χ0) is 16.4. The third-order valence-corrected chi connectivity index (χ3v) is 6.02. The number of hydrogen-bond donors (Lipinski definition) is 1. The van der Waals surface area contributed by atoms with Gasteiger partial charge < -0.3 is 10.2 Å². The molecule has 1 N–H and O–H groups in total. The Labute approximate surface area is 145 Å². The highest BCUT2D eigenvalue weighted by molar-refractivity contribution is 5.78. The van der Waals surface area contributed by atoms with Crippen molar-refractivity contribution in [3.63, 3.8) is 0 Å². The van der Waals surface area contributed by atoms with Gasteiger partial charge in [0.15, 0.2) is 0 Å². The van der Waals surface area contributed by atoms with Crippen LogP contribution in [0.15, 0.2) is 24.3 Å². The first-order valence-corrected chi connectivity index (χ1v) is 9.58. The molecular formula is C20H29N3O. The van der Waals surface area contributed by atoms with E-state index in [0.717, 1.165) is 25.7 Å². The SMILES string of the molecule is O=C(CN1Cc2ccccc2C1)NC[C@@H]1CCN(C2CCCC2)C1. The summed E-state index contributed by atoms with van der Waals surface area (Å²) >= 11 is 0. The smallest absolute Gasteiger partial charge is 0.234 e. The number of benzene rings is 1. The van der Waals surface area contributed by atoms with Crippen LogP contribution in [0.3, 0.4) is 0 Å². The summed E-state index contributed by atoms with van der Waals surface area (Å²) < 4.78 is 0. The molecule has 2 aliphatic heterocycles. The van der Waals surface area contributed by atoms with Crippen molar-refractivity contribution in [3.05, 3.63) is 35.4 Å². The maximum atomic E-state index is 12.3. The van der Waals surface area contributed by atoms with E-state index < -0.39 is 0 Å². The van der Waals surface area contributed by atoms with Crippen LogP contribution in [-0.4, -0.2) is 47.9 Å². The highest BCUT2D eigenvalue weighted by atomic mass is 16.2. The van der Waals surface area contributed by atoms with Crippen LogP contribution in [0.25, 0.3) is 0 Å². The number of rotatable bonds is 5. The fourth-order valence-corrected chi connectivity index (χ4v) is 4.66. The Morgan fingerprint density at radius 3 is 2.50 bits per heavy atom. The average molecular weight is 327 g/mol. The molecular weight excluding hydrogens is 298 g/mol. The molecule has 1 aromatic rings. The molecule has 1 aliphatic carbocycles. The van der Waals surface area contributed by atoms with Gasteiger partial charge in [-0.25, -0.2) is 0 Å².